The molecular weight excluding hydrogens is 452 g/mol. The van der Waals surface area contributed by atoms with Crippen molar-refractivity contribution in [3.05, 3.63) is 65.4 Å². The smallest absolute Gasteiger partial charge is 0.264 e. The monoisotopic (exact) mass is 480 g/mol. The minimum atomic E-state index is -4.10. The van der Waals surface area contributed by atoms with Crippen LogP contribution in [0.25, 0.3) is 10.9 Å². The normalized spacial score (nSPS) is 19.2. The third-order valence-electron chi connectivity index (χ3n) is 6.68. The molecule has 3 aromatic rings. The van der Waals surface area contributed by atoms with Gasteiger partial charge in [-0.2, -0.15) is 0 Å². The second-order valence-electron chi connectivity index (χ2n) is 9.08. The predicted molar refractivity (Wildman–Crippen MR) is 128 cm³/mol. The van der Waals surface area contributed by atoms with Crippen LogP contribution in [0.15, 0.2) is 53.4 Å². The van der Waals surface area contributed by atoms with Gasteiger partial charge in [0.05, 0.1) is 29.0 Å². The molecule has 34 heavy (non-hydrogen) atoms. The molecule has 8 heteroatoms. The van der Waals surface area contributed by atoms with Crippen LogP contribution in [0.4, 0.5) is 0 Å². The summed E-state index contributed by atoms with van der Waals surface area (Å²) in [6, 6.07) is 14.3. The van der Waals surface area contributed by atoms with Crippen LogP contribution in [-0.4, -0.2) is 38.6 Å². The summed E-state index contributed by atoms with van der Waals surface area (Å²) in [5, 5.41) is 0.483. The van der Waals surface area contributed by atoms with Crippen LogP contribution >= 0.6 is 0 Å². The Labute approximate surface area is 199 Å². The number of amides is 1. The minimum absolute atomic E-state index is 0.0449. The third-order valence-corrected chi connectivity index (χ3v) is 8.07. The van der Waals surface area contributed by atoms with Gasteiger partial charge >= 0.3 is 0 Å². The summed E-state index contributed by atoms with van der Waals surface area (Å²) >= 11 is 0. The highest BCUT2D eigenvalue weighted by atomic mass is 32.2. The standard InChI is InChI=1S/C26H28N2O5S/c1-3-18-8-10-23(33-19-11-14-32-16-19)21(15-18)26(12-13-26)25(29)28-34(30,31)24-6-4-5-22-20(24)9-7-17(2)27-22/h4-10,15,19H,3,11-14,16H2,1-2H3,(H,28,29)/t19-/m1/s1. The predicted octanol–water partition coefficient (Wildman–Crippen LogP) is 3.81. The van der Waals surface area contributed by atoms with Crippen molar-refractivity contribution in [3.8, 4) is 5.75 Å². The van der Waals surface area contributed by atoms with Gasteiger partial charge < -0.3 is 9.47 Å². The summed E-state index contributed by atoms with van der Waals surface area (Å²) in [5.41, 5.74) is 2.26. The van der Waals surface area contributed by atoms with Crippen LogP contribution < -0.4 is 9.46 Å². The average Bonchev–Trinajstić information content (AvgIpc) is 3.48. The zero-order chi connectivity index (χ0) is 23.9. The lowest BCUT2D eigenvalue weighted by Crippen LogP contribution is -2.39. The molecule has 178 valence electrons. The fourth-order valence-electron chi connectivity index (χ4n) is 4.54. The van der Waals surface area contributed by atoms with Crippen LogP contribution in [0.1, 0.15) is 43.0 Å². The molecule has 1 aliphatic heterocycles. The first-order valence-corrected chi connectivity index (χ1v) is 13.1. The Morgan fingerprint density at radius 2 is 2.03 bits per heavy atom. The lowest BCUT2D eigenvalue weighted by atomic mass is 9.92. The van der Waals surface area contributed by atoms with Crippen LogP contribution in [0.3, 0.4) is 0 Å². The number of carbonyl (C=O) groups excluding carboxylic acids is 1. The van der Waals surface area contributed by atoms with Gasteiger partial charge in [0, 0.05) is 23.1 Å². The van der Waals surface area contributed by atoms with Crippen molar-refractivity contribution in [1.29, 1.82) is 0 Å². The number of benzene rings is 2. The number of aryl methyl sites for hydroxylation is 2. The summed E-state index contributed by atoms with van der Waals surface area (Å²) < 4.78 is 40.7. The third kappa shape index (κ3) is 4.16. The Kier molecular flexibility index (Phi) is 5.81. The maximum Gasteiger partial charge on any atom is 0.264 e. The highest BCUT2D eigenvalue weighted by Gasteiger charge is 2.54. The molecule has 1 amide bonds. The van der Waals surface area contributed by atoms with Crippen molar-refractivity contribution in [3.63, 3.8) is 0 Å². The molecule has 1 atom stereocenters. The number of aromatic nitrogens is 1. The van der Waals surface area contributed by atoms with E-state index in [9.17, 15) is 13.2 Å². The Balaban J connectivity index is 1.47. The first-order chi connectivity index (χ1) is 16.3. The number of hydrogen-bond acceptors (Lipinski definition) is 6. The molecule has 5 rings (SSSR count). The maximum absolute atomic E-state index is 13.5. The molecule has 2 aliphatic rings. The van der Waals surface area contributed by atoms with Gasteiger partial charge in [-0.3, -0.25) is 9.78 Å². The zero-order valence-corrected chi connectivity index (χ0v) is 20.2. The maximum atomic E-state index is 13.5. The van der Waals surface area contributed by atoms with E-state index < -0.39 is 21.3 Å². The lowest BCUT2D eigenvalue weighted by molar-refractivity contribution is -0.121. The van der Waals surface area contributed by atoms with E-state index >= 15 is 0 Å². The van der Waals surface area contributed by atoms with Gasteiger partial charge in [-0.05, 0) is 62.1 Å². The quantitative estimate of drug-likeness (QED) is 0.553. The molecule has 0 radical (unpaired) electrons. The molecule has 0 bridgehead atoms. The second-order valence-corrected chi connectivity index (χ2v) is 10.7. The number of nitrogens with one attached hydrogen (secondary N) is 1. The van der Waals surface area contributed by atoms with Crippen molar-refractivity contribution in [2.75, 3.05) is 13.2 Å². The van der Waals surface area contributed by atoms with Gasteiger partial charge in [0.25, 0.3) is 10.0 Å². The SMILES string of the molecule is CCc1ccc(O[C@@H]2CCOC2)c(C2(C(=O)NS(=O)(=O)c3cccc4nc(C)ccc34)CC2)c1. The van der Waals surface area contributed by atoms with E-state index in [1.807, 2.05) is 32.0 Å². The van der Waals surface area contributed by atoms with Gasteiger partial charge in [-0.25, -0.2) is 13.1 Å². The highest BCUT2D eigenvalue weighted by Crippen LogP contribution is 2.52. The van der Waals surface area contributed by atoms with Gasteiger partial charge in [0.2, 0.25) is 5.91 Å². The minimum Gasteiger partial charge on any atom is -0.488 e. The summed E-state index contributed by atoms with van der Waals surface area (Å²) in [5.74, 6) is 0.105. The van der Waals surface area contributed by atoms with Gasteiger partial charge in [-0.1, -0.05) is 25.1 Å². The van der Waals surface area contributed by atoms with Crippen molar-refractivity contribution in [1.82, 2.24) is 9.71 Å². The fourth-order valence-corrected chi connectivity index (χ4v) is 5.81. The topological polar surface area (TPSA) is 94.6 Å². The van der Waals surface area contributed by atoms with Crippen molar-refractivity contribution in [2.24, 2.45) is 0 Å². The van der Waals surface area contributed by atoms with Crippen molar-refractivity contribution >= 4 is 26.8 Å². The van der Waals surface area contributed by atoms with E-state index in [0.717, 1.165) is 29.7 Å². The fraction of sp³-hybridized carbons (Fsp3) is 0.385. The van der Waals surface area contributed by atoms with E-state index in [-0.39, 0.29) is 11.0 Å². The Hall–Kier alpha value is -2.97. The Morgan fingerprint density at radius 1 is 1.21 bits per heavy atom. The molecule has 1 N–H and O–H groups in total. The van der Waals surface area contributed by atoms with Gasteiger partial charge in [0.1, 0.15) is 11.9 Å². The molecule has 1 aliphatic carbocycles. The van der Waals surface area contributed by atoms with Gasteiger partial charge in [0.15, 0.2) is 0 Å². The zero-order valence-electron chi connectivity index (χ0n) is 19.3. The van der Waals surface area contributed by atoms with Crippen molar-refractivity contribution < 1.29 is 22.7 Å². The summed E-state index contributed by atoms with van der Waals surface area (Å²) in [6.45, 7) is 5.05. The molecule has 2 heterocycles. The van der Waals surface area contributed by atoms with E-state index in [0.29, 0.717) is 42.7 Å². The molecule has 7 nitrogen and oxygen atoms in total. The molecule has 0 spiro atoms. The number of pyridine rings is 1. The molecule has 0 unspecified atom stereocenters. The van der Waals surface area contributed by atoms with Crippen molar-refractivity contribution in [2.45, 2.75) is 55.9 Å². The highest BCUT2D eigenvalue weighted by molar-refractivity contribution is 7.90. The Bertz CT molecular complexity index is 1360. The molecule has 1 saturated carbocycles. The number of hydrogen-bond donors (Lipinski definition) is 1. The second kappa shape index (κ2) is 8.67. The molecule has 2 fully saturated rings. The average molecular weight is 481 g/mol. The summed E-state index contributed by atoms with van der Waals surface area (Å²) in [4.78, 5) is 18.0. The van der Waals surface area contributed by atoms with E-state index in [1.54, 1.807) is 24.3 Å². The molecular formula is C26H28N2O5S. The van der Waals surface area contributed by atoms with Crippen LogP contribution in [0, 0.1) is 6.92 Å². The van der Waals surface area contributed by atoms with E-state index in [1.165, 1.54) is 6.07 Å². The summed E-state index contributed by atoms with van der Waals surface area (Å²) in [7, 11) is -4.10. The number of rotatable bonds is 7. The van der Waals surface area contributed by atoms with Crippen LogP contribution in [0.5, 0.6) is 5.75 Å². The largest absolute Gasteiger partial charge is 0.488 e. The summed E-state index contributed by atoms with van der Waals surface area (Å²) in [6.07, 6.45) is 2.65. The first-order valence-electron chi connectivity index (χ1n) is 11.6. The lowest BCUT2D eigenvalue weighted by Gasteiger charge is -2.22. The Morgan fingerprint density at radius 3 is 2.74 bits per heavy atom. The van der Waals surface area contributed by atoms with Crippen LogP contribution in [0.2, 0.25) is 0 Å². The molecule has 2 aromatic carbocycles. The van der Waals surface area contributed by atoms with Crippen LogP contribution in [-0.2, 0) is 31.4 Å². The molecule has 1 saturated heterocycles. The molecule has 1 aromatic heterocycles. The number of carbonyl (C=O) groups is 1. The van der Waals surface area contributed by atoms with E-state index in [4.69, 9.17) is 9.47 Å². The number of fused-ring (bicyclic) bond motifs is 1. The number of nitrogens with zero attached hydrogens (tertiary/aromatic N) is 1. The number of sulfonamides is 1. The van der Waals surface area contributed by atoms with E-state index in [2.05, 4.69) is 9.71 Å². The van der Waals surface area contributed by atoms with Gasteiger partial charge in [-0.15, -0.1) is 0 Å². The first kappa shape index (κ1) is 22.8. The number of ether oxygens (including phenoxy) is 2.